The summed E-state index contributed by atoms with van der Waals surface area (Å²) in [7, 11) is 0. The summed E-state index contributed by atoms with van der Waals surface area (Å²) in [5, 5.41) is 19.4. The molecule has 1 heterocycles. The molecule has 3 rings (SSSR count). The van der Waals surface area contributed by atoms with Crippen LogP contribution in [0.5, 0.6) is 0 Å². The Bertz CT molecular complexity index is 846. The summed E-state index contributed by atoms with van der Waals surface area (Å²) in [5.41, 5.74) is 2.70. The van der Waals surface area contributed by atoms with Crippen LogP contribution in [0.3, 0.4) is 0 Å². The average Bonchev–Trinajstić information content (AvgIpc) is 2.92. The first-order valence-electron chi connectivity index (χ1n) is 6.59. The summed E-state index contributed by atoms with van der Waals surface area (Å²) < 4.78 is 15.4. The fraction of sp³-hybridized carbons (Fsp3) is 0.118. The highest BCUT2D eigenvalue weighted by molar-refractivity contribution is 5.83. The molecule has 0 aliphatic rings. The summed E-state index contributed by atoms with van der Waals surface area (Å²) in [5.74, 6) is -0.505. The van der Waals surface area contributed by atoms with Crippen LogP contribution >= 0.6 is 0 Å². The van der Waals surface area contributed by atoms with E-state index in [1.807, 2.05) is 41.1 Å². The van der Waals surface area contributed by atoms with E-state index in [0.29, 0.717) is 6.54 Å². The zero-order valence-electron chi connectivity index (χ0n) is 11.3. The van der Waals surface area contributed by atoms with Crippen molar-refractivity contribution < 1.29 is 9.50 Å². The highest BCUT2D eigenvalue weighted by Gasteiger charge is 2.08. The summed E-state index contributed by atoms with van der Waals surface area (Å²) >= 11 is 0. The number of halogens is 1. The molecule has 0 radical (unpaired) electrons. The van der Waals surface area contributed by atoms with Crippen LogP contribution in [0.2, 0.25) is 0 Å². The van der Waals surface area contributed by atoms with E-state index in [4.69, 9.17) is 5.26 Å². The third-order valence-corrected chi connectivity index (χ3v) is 3.55. The summed E-state index contributed by atoms with van der Waals surface area (Å²) in [6.45, 7) is 0.490. The number of hydrogen-bond donors (Lipinski definition) is 1. The maximum atomic E-state index is 13.4. The second-order valence-corrected chi connectivity index (χ2v) is 4.88. The van der Waals surface area contributed by atoms with E-state index in [9.17, 15) is 9.50 Å². The Kier molecular flexibility index (Phi) is 3.43. The molecular formula is C17H13FN2O. The van der Waals surface area contributed by atoms with E-state index < -0.39 is 5.82 Å². The summed E-state index contributed by atoms with van der Waals surface area (Å²) in [4.78, 5) is 0. The van der Waals surface area contributed by atoms with Gasteiger partial charge in [-0.15, -0.1) is 0 Å². The standard InChI is InChI=1S/C17H13FN2O/c18-16-5-4-12(8-15(16)9-19)10-20-7-6-13-2-1-3-14(11-21)17(13)20/h1-8,21H,10-11H2. The molecule has 0 saturated carbocycles. The lowest BCUT2D eigenvalue weighted by atomic mass is 10.1. The van der Waals surface area contributed by atoms with Gasteiger partial charge < -0.3 is 9.67 Å². The Balaban J connectivity index is 2.05. The molecule has 2 aromatic carbocycles. The van der Waals surface area contributed by atoms with Gasteiger partial charge in [0.15, 0.2) is 0 Å². The topological polar surface area (TPSA) is 49.0 Å². The number of rotatable bonds is 3. The third kappa shape index (κ3) is 2.39. The van der Waals surface area contributed by atoms with Gasteiger partial charge in [0.2, 0.25) is 0 Å². The van der Waals surface area contributed by atoms with Gasteiger partial charge in [0.25, 0.3) is 0 Å². The van der Waals surface area contributed by atoms with Gasteiger partial charge in [-0.1, -0.05) is 24.3 Å². The van der Waals surface area contributed by atoms with Crippen molar-refractivity contribution in [1.82, 2.24) is 4.57 Å². The van der Waals surface area contributed by atoms with E-state index in [-0.39, 0.29) is 12.2 Å². The van der Waals surface area contributed by atoms with Crippen molar-refractivity contribution in [1.29, 1.82) is 5.26 Å². The van der Waals surface area contributed by atoms with Crippen molar-refractivity contribution in [2.45, 2.75) is 13.2 Å². The van der Waals surface area contributed by atoms with Crippen LogP contribution in [0.4, 0.5) is 4.39 Å². The molecule has 3 aromatic rings. The number of benzene rings is 2. The normalized spacial score (nSPS) is 10.7. The van der Waals surface area contributed by atoms with Crippen molar-refractivity contribution in [2.75, 3.05) is 0 Å². The first-order chi connectivity index (χ1) is 10.2. The molecule has 0 saturated heterocycles. The lowest BCUT2D eigenvalue weighted by Gasteiger charge is -2.09. The zero-order chi connectivity index (χ0) is 14.8. The molecule has 0 fully saturated rings. The number of nitriles is 1. The van der Waals surface area contributed by atoms with Gasteiger partial charge in [-0.2, -0.15) is 5.26 Å². The second-order valence-electron chi connectivity index (χ2n) is 4.88. The fourth-order valence-electron chi connectivity index (χ4n) is 2.55. The second kappa shape index (κ2) is 5.39. The largest absolute Gasteiger partial charge is 0.392 e. The van der Waals surface area contributed by atoms with Crippen molar-refractivity contribution in [3.05, 3.63) is 71.2 Å². The molecule has 0 aliphatic heterocycles. The molecule has 0 amide bonds. The highest BCUT2D eigenvalue weighted by Crippen LogP contribution is 2.22. The van der Waals surface area contributed by atoms with Gasteiger partial charge in [0.05, 0.1) is 17.7 Å². The molecule has 0 unspecified atom stereocenters. The summed E-state index contributed by atoms with van der Waals surface area (Å²) in [6.07, 6.45) is 1.93. The Morgan fingerprint density at radius 2 is 2.05 bits per heavy atom. The Labute approximate surface area is 121 Å². The SMILES string of the molecule is N#Cc1cc(Cn2ccc3cccc(CO)c32)ccc1F. The van der Waals surface area contributed by atoms with Gasteiger partial charge in [0.1, 0.15) is 11.9 Å². The van der Waals surface area contributed by atoms with Gasteiger partial charge in [0, 0.05) is 18.3 Å². The number of aliphatic hydroxyl groups excluding tert-OH is 1. The van der Waals surface area contributed by atoms with Crippen molar-refractivity contribution in [2.24, 2.45) is 0 Å². The Morgan fingerprint density at radius 3 is 2.81 bits per heavy atom. The molecule has 0 aliphatic carbocycles. The smallest absolute Gasteiger partial charge is 0.140 e. The van der Waals surface area contributed by atoms with Crippen LogP contribution in [0.1, 0.15) is 16.7 Å². The van der Waals surface area contributed by atoms with Crippen LogP contribution in [-0.2, 0) is 13.2 Å². The number of para-hydroxylation sites is 1. The summed E-state index contributed by atoms with van der Waals surface area (Å²) in [6, 6.07) is 14.1. The van der Waals surface area contributed by atoms with E-state index in [0.717, 1.165) is 22.0 Å². The van der Waals surface area contributed by atoms with Crippen LogP contribution in [0.15, 0.2) is 48.7 Å². The minimum Gasteiger partial charge on any atom is -0.392 e. The monoisotopic (exact) mass is 280 g/mol. The van der Waals surface area contributed by atoms with Crippen molar-refractivity contribution in [3.8, 4) is 6.07 Å². The molecule has 0 bridgehead atoms. The van der Waals surface area contributed by atoms with Crippen molar-refractivity contribution >= 4 is 10.9 Å². The molecule has 0 spiro atoms. The van der Waals surface area contributed by atoms with Crippen LogP contribution < -0.4 is 0 Å². The highest BCUT2D eigenvalue weighted by atomic mass is 19.1. The van der Waals surface area contributed by atoms with Crippen molar-refractivity contribution in [3.63, 3.8) is 0 Å². The number of nitrogens with zero attached hydrogens (tertiary/aromatic N) is 2. The molecule has 3 nitrogen and oxygen atoms in total. The lowest BCUT2D eigenvalue weighted by molar-refractivity contribution is 0.283. The molecular weight excluding hydrogens is 267 g/mol. The van der Waals surface area contributed by atoms with Crippen LogP contribution in [0, 0.1) is 17.1 Å². The van der Waals surface area contributed by atoms with E-state index in [2.05, 4.69) is 0 Å². The molecule has 4 heteroatoms. The number of fused-ring (bicyclic) bond motifs is 1. The molecule has 104 valence electrons. The van der Waals surface area contributed by atoms with Gasteiger partial charge >= 0.3 is 0 Å². The number of aliphatic hydroxyl groups is 1. The fourth-order valence-corrected chi connectivity index (χ4v) is 2.55. The minimum absolute atomic E-state index is 0.0335. The molecule has 21 heavy (non-hydrogen) atoms. The minimum atomic E-state index is -0.505. The van der Waals surface area contributed by atoms with Gasteiger partial charge in [-0.3, -0.25) is 0 Å². The third-order valence-electron chi connectivity index (χ3n) is 3.55. The van der Waals surface area contributed by atoms with Gasteiger partial charge in [-0.25, -0.2) is 4.39 Å². The Hall–Kier alpha value is -2.64. The maximum Gasteiger partial charge on any atom is 0.140 e. The number of aromatic nitrogens is 1. The van der Waals surface area contributed by atoms with E-state index in [1.54, 1.807) is 12.1 Å². The Morgan fingerprint density at radius 1 is 1.19 bits per heavy atom. The molecule has 1 aromatic heterocycles. The predicted molar refractivity (Wildman–Crippen MR) is 78.1 cm³/mol. The molecule has 0 atom stereocenters. The lowest BCUT2D eigenvalue weighted by Crippen LogP contribution is -2.01. The predicted octanol–water partition coefficient (Wildman–Crippen LogP) is 3.19. The maximum absolute atomic E-state index is 13.4. The van der Waals surface area contributed by atoms with E-state index in [1.165, 1.54) is 6.07 Å². The average molecular weight is 280 g/mol. The first-order valence-corrected chi connectivity index (χ1v) is 6.59. The van der Waals surface area contributed by atoms with Crippen LogP contribution in [-0.4, -0.2) is 9.67 Å². The van der Waals surface area contributed by atoms with E-state index >= 15 is 0 Å². The van der Waals surface area contributed by atoms with Crippen LogP contribution in [0.25, 0.3) is 10.9 Å². The van der Waals surface area contributed by atoms with Gasteiger partial charge in [-0.05, 0) is 29.1 Å². The number of hydrogen-bond acceptors (Lipinski definition) is 2. The molecule has 1 N–H and O–H groups in total. The quantitative estimate of drug-likeness (QED) is 0.801. The first kappa shape index (κ1) is 13.3. The zero-order valence-corrected chi connectivity index (χ0v) is 11.3.